The lowest BCUT2D eigenvalue weighted by Crippen LogP contribution is -2.34. The number of nitrogens with one attached hydrogen (secondary N) is 1. The van der Waals surface area contributed by atoms with Crippen LogP contribution in [0.25, 0.3) is 0 Å². The van der Waals surface area contributed by atoms with Crippen molar-refractivity contribution in [1.29, 1.82) is 0 Å². The summed E-state index contributed by atoms with van der Waals surface area (Å²) in [7, 11) is 0. The molecule has 0 atom stereocenters. The number of carbonyl (C=O) groups is 3. The van der Waals surface area contributed by atoms with Crippen LogP contribution in [-0.4, -0.2) is 179 Å². The Morgan fingerprint density at radius 2 is 0.744 bits per heavy atom. The Morgan fingerprint density at radius 3 is 1.05 bits per heavy atom. The average molecular weight is 629 g/mol. The van der Waals surface area contributed by atoms with Crippen LogP contribution in [0.2, 0.25) is 0 Å². The highest BCUT2D eigenvalue weighted by Crippen LogP contribution is 1.93. The number of carboxylic acids is 2. The van der Waals surface area contributed by atoms with Crippen LogP contribution in [0.15, 0.2) is 0 Å². The molecule has 0 unspecified atom stereocenters. The van der Waals surface area contributed by atoms with E-state index >= 15 is 0 Å². The van der Waals surface area contributed by atoms with Crippen molar-refractivity contribution in [2.24, 2.45) is 0 Å². The van der Waals surface area contributed by atoms with Crippen LogP contribution >= 0.6 is 0 Å². The van der Waals surface area contributed by atoms with Gasteiger partial charge in [0.05, 0.1) is 132 Å². The highest BCUT2D eigenvalue weighted by molar-refractivity contribution is 5.67. The first-order chi connectivity index (χ1) is 21.1. The van der Waals surface area contributed by atoms with Crippen molar-refractivity contribution in [2.75, 3.05) is 145 Å². The first kappa shape index (κ1) is 41.0. The molecule has 0 heterocycles. The molecule has 0 aliphatic carbocycles. The van der Waals surface area contributed by atoms with Gasteiger partial charge in [-0.05, 0) is 0 Å². The minimum atomic E-state index is -0.891. The predicted molar refractivity (Wildman–Crippen MR) is 152 cm³/mol. The van der Waals surface area contributed by atoms with Crippen LogP contribution in [0.4, 0.5) is 0 Å². The summed E-state index contributed by atoms with van der Waals surface area (Å²) in [6.45, 7) is 9.79. The van der Waals surface area contributed by atoms with Crippen molar-refractivity contribution in [1.82, 2.24) is 10.2 Å². The van der Waals surface area contributed by atoms with E-state index in [0.717, 1.165) is 0 Å². The third-order valence-corrected chi connectivity index (χ3v) is 5.28. The molecule has 0 aromatic carbocycles. The summed E-state index contributed by atoms with van der Waals surface area (Å²) in [6, 6.07) is 0. The van der Waals surface area contributed by atoms with Crippen LogP contribution in [-0.2, 0) is 57.0 Å². The molecule has 0 radical (unpaired) electrons. The fraction of sp³-hybridized carbons (Fsp3) is 0.889. The lowest BCUT2D eigenvalue weighted by molar-refractivity contribution is -0.139. The van der Waals surface area contributed by atoms with Gasteiger partial charge in [-0.1, -0.05) is 0 Å². The molecule has 0 saturated heterocycles. The topological polar surface area (TPSA) is 190 Å². The van der Waals surface area contributed by atoms with Crippen LogP contribution in [0.5, 0.6) is 0 Å². The summed E-state index contributed by atoms with van der Waals surface area (Å²) >= 11 is 0. The minimum absolute atomic E-state index is 0.0249. The first-order valence-electron chi connectivity index (χ1n) is 14.6. The Hall–Kier alpha value is -1.99. The summed E-state index contributed by atoms with van der Waals surface area (Å²) in [6.07, 6.45) is 0.583. The average Bonchev–Trinajstić information content (AvgIpc) is 2.98. The normalized spacial score (nSPS) is 11.3. The fourth-order valence-corrected chi connectivity index (χ4v) is 3.05. The molecule has 0 aliphatic heterocycles. The number of hydrogen-bond donors (Lipinski definition) is 3. The summed E-state index contributed by atoms with van der Waals surface area (Å²) in [4.78, 5) is 33.2. The van der Waals surface area contributed by atoms with Crippen molar-refractivity contribution >= 4 is 18.3 Å². The van der Waals surface area contributed by atoms with Crippen molar-refractivity contribution in [3.63, 3.8) is 0 Å². The van der Waals surface area contributed by atoms with Gasteiger partial charge in [0, 0.05) is 26.2 Å². The van der Waals surface area contributed by atoms with Crippen molar-refractivity contribution < 1.29 is 67.2 Å². The summed E-state index contributed by atoms with van der Waals surface area (Å²) < 4.78 is 48.9. The summed E-state index contributed by atoms with van der Waals surface area (Å²) in [5.74, 6) is -1.78. The van der Waals surface area contributed by atoms with E-state index in [9.17, 15) is 14.4 Å². The number of aliphatic carboxylic acids is 2. The van der Waals surface area contributed by atoms with Crippen molar-refractivity contribution in [2.45, 2.75) is 12.8 Å². The van der Waals surface area contributed by atoms with Crippen LogP contribution < -0.4 is 5.32 Å². The second-order valence-electron chi connectivity index (χ2n) is 8.71. The lowest BCUT2D eigenvalue weighted by atomic mass is 10.4. The first-order valence-corrected chi connectivity index (χ1v) is 14.6. The predicted octanol–water partition coefficient (Wildman–Crippen LogP) is -0.867. The zero-order valence-corrected chi connectivity index (χ0v) is 25.3. The molecule has 0 aliphatic rings. The Labute approximate surface area is 254 Å². The molecular formula is C27H52N2O14. The SMILES string of the molecule is O=CNCCOCCOCCOCCN(CCOCCOCCOCCC(=O)O)CCOCCOCCOCCC(=O)O. The lowest BCUT2D eigenvalue weighted by Gasteiger charge is -2.22. The van der Waals surface area contributed by atoms with Crippen molar-refractivity contribution in [3.8, 4) is 0 Å². The maximum absolute atomic E-state index is 10.4. The van der Waals surface area contributed by atoms with Gasteiger partial charge in [0.15, 0.2) is 0 Å². The molecular weight excluding hydrogens is 576 g/mol. The van der Waals surface area contributed by atoms with Gasteiger partial charge in [-0.2, -0.15) is 0 Å². The number of carboxylic acid groups (broad SMARTS) is 2. The Kier molecular flexibility index (Phi) is 32.9. The van der Waals surface area contributed by atoms with Gasteiger partial charge in [-0.25, -0.2) is 0 Å². The third-order valence-electron chi connectivity index (χ3n) is 5.28. The molecule has 43 heavy (non-hydrogen) atoms. The zero-order valence-electron chi connectivity index (χ0n) is 25.3. The van der Waals surface area contributed by atoms with Crippen LogP contribution in [0, 0.1) is 0 Å². The van der Waals surface area contributed by atoms with E-state index in [1.807, 2.05) is 0 Å². The molecule has 0 aromatic rings. The number of carbonyl (C=O) groups excluding carboxylic acids is 1. The molecule has 16 heteroatoms. The van der Waals surface area contributed by atoms with E-state index in [2.05, 4.69) is 10.2 Å². The molecule has 0 aromatic heterocycles. The molecule has 0 bridgehead atoms. The van der Waals surface area contributed by atoms with Crippen LogP contribution in [0.1, 0.15) is 12.8 Å². The van der Waals surface area contributed by atoms with Crippen molar-refractivity contribution in [3.05, 3.63) is 0 Å². The van der Waals surface area contributed by atoms with E-state index in [1.165, 1.54) is 0 Å². The van der Waals surface area contributed by atoms with Gasteiger partial charge in [-0.3, -0.25) is 19.3 Å². The molecule has 0 fully saturated rings. The summed E-state index contributed by atoms with van der Waals surface area (Å²) in [5.41, 5.74) is 0. The smallest absolute Gasteiger partial charge is 0.305 e. The number of hydrogen-bond acceptors (Lipinski definition) is 13. The molecule has 3 N–H and O–H groups in total. The van der Waals surface area contributed by atoms with Gasteiger partial charge in [0.1, 0.15) is 0 Å². The third kappa shape index (κ3) is 36.1. The highest BCUT2D eigenvalue weighted by atomic mass is 16.6. The molecule has 1 amide bonds. The largest absolute Gasteiger partial charge is 0.481 e. The standard InChI is InChI=1S/C27H52N2O14/c30-25-28-3-9-37-15-21-43-24-18-40-12-6-29(4-10-38-16-22-41-19-13-35-7-1-26(31)32)5-11-39-17-23-42-20-14-36-8-2-27(33)34/h25H,1-24H2,(H,28,30)(H,31,32)(H,33,34). The minimum Gasteiger partial charge on any atom is -0.481 e. The second kappa shape index (κ2) is 34.5. The highest BCUT2D eigenvalue weighted by Gasteiger charge is 2.06. The van der Waals surface area contributed by atoms with Gasteiger partial charge >= 0.3 is 11.9 Å². The zero-order chi connectivity index (χ0) is 31.5. The molecule has 254 valence electrons. The molecule has 0 spiro atoms. The van der Waals surface area contributed by atoms with Gasteiger partial charge in [0.25, 0.3) is 0 Å². The van der Waals surface area contributed by atoms with Gasteiger partial charge < -0.3 is 58.2 Å². The maximum atomic E-state index is 10.4. The number of ether oxygens (including phenoxy) is 9. The van der Waals surface area contributed by atoms with E-state index in [1.54, 1.807) is 0 Å². The maximum Gasteiger partial charge on any atom is 0.305 e. The van der Waals surface area contributed by atoms with E-state index in [4.69, 9.17) is 52.8 Å². The Bertz CT molecular complexity index is 596. The summed E-state index contributed by atoms with van der Waals surface area (Å²) in [5, 5.41) is 19.6. The Balaban J connectivity index is 3.94. The second-order valence-corrected chi connectivity index (χ2v) is 8.71. The monoisotopic (exact) mass is 628 g/mol. The molecule has 0 saturated carbocycles. The van der Waals surface area contributed by atoms with Gasteiger partial charge in [-0.15, -0.1) is 0 Å². The fourth-order valence-electron chi connectivity index (χ4n) is 3.05. The van der Waals surface area contributed by atoms with E-state index in [-0.39, 0.29) is 26.1 Å². The number of nitrogens with zero attached hydrogens (tertiary/aromatic N) is 1. The van der Waals surface area contributed by atoms with E-state index in [0.29, 0.717) is 138 Å². The number of rotatable bonds is 37. The van der Waals surface area contributed by atoms with Crippen LogP contribution in [0.3, 0.4) is 0 Å². The van der Waals surface area contributed by atoms with E-state index < -0.39 is 11.9 Å². The van der Waals surface area contributed by atoms with Gasteiger partial charge in [0.2, 0.25) is 6.41 Å². The molecule has 16 nitrogen and oxygen atoms in total. The quantitative estimate of drug-likeness (QED) is 0.0568. The molecule has 0 rings (SSSR count). The number of amides is 1. The Morgan fingerprint density at radius 1 is 0.465 bits per heavy atom.